The molecule has 0 N–H and O–H groups in total. The van der Waals surface area contributed by atoms with Crippen molar-refractivity contribution in [2.45, 2.75) is 19.3 Å². The number of benzene rings is 2. The van der Waals surface area contributed by atoms with Crippen LogP contribution >= 0.6 is 0 Å². The van der Waals surface area contributed by atoms with Crippen LogP contribution in [-0.2, 0) is 13.2 Å². The van der Waals surface area contributed by atoms with Crippen LogP contribution in [-0.4, -0.2) is 22.3 Å². The maximum atomic E-state index is 13.0. The highest BCUT2D eigenvalue weighted by Crippen LogP contribution is 2.24. The third-order valence-corrected chi connectivity index (χ3v) is 4.27. The normalized spacial score (nSPS) is 15.3. The summed E-state index contributed by atoms with van der Waals surface area (Å²) in [4.78, 5) is 15.2. The molecule has 0 radical (unpaired) electrons. The minimum atomic E-state index is -0.733. The molecular formula is C20H17FN2O3. The van der Waals surface area contributed by atoms with E-state index in [9.17, 15) is 9.18 Å². The molecule has 0 saturated heterocycles. The summed E-state index contributed by atoms with van der Waals surface area (Å²) in [6.07, 6.45) is -0.316. The van der Waals surface area contributed by atoms with Gasteiger partial charge in [-0.2, -0.15) is 4.98 Å². The van der Waals surface area contributed by atoms with Crippen LogP contribution < -0.4 is 15.0 Å². The highest BCUT2D eigenvalue weighted by atomic mass is 19.1. The Balaban J connectivity index is 1.40. The van der Waals surface area contributed by atoms with Crippen molar-refractivity contribution in [3.05, 3.63) is 76.7 Å². The third kappa shape index (κ3) is 3.31. The van der Waals surface area contributed by atoms with Crippen molar-refractivity contribution in [1.82, 2.24) is 9.55 Å². The highest BCUT2D eigenvalue weighted by molar-refractivity contribution is 5.63. The van der Waals surface area contributed by atoms with Crippen molar-refractivity contribution in [2.75, 3.05) is 6.61 Å². The first-order valence-electron chi connectivity index (χ1n) is 8.34. The first kappa shape index (κ1) is 16.3. The van der Waals surface area contributed by atoms with Gasteiger partial charge in [-0.3, -0.25) is 9.36 Å². The van der Waals surface area contributed by atoms with Gasteiger partial charge in [0.2, 0.25) is 0 Å². The van der Waals surface area contributed by atoms with Crippen LogP contribution in [0.4, 0.5) is 4.39 Å². The topological polar surface area (TPSA) is 53.4 Å². The van der Waals surface area contributed by atoms with Gasteiger partial charge < -0.3 is 9.47 Å². The van der Waals surface area contributed by atoms with Gasteiger partial charge in [0.05, 0.1) is 12.2 Å². The molecule has 1 atom stereocenters. The summed E-state index contributed by atoms with van der Waals surface area (Å²) in [5.74, 6) is 0.720. The molecule has 2 heterocycles. The number of nitrogens with zero attached hydrogens (tertiary/aromatic N) is 2. The molecule has 132 valence electrons. The summed E-state index contributed by atoms with van der Waals surface area (Å²) in [6, 6.07) is 19.2. The standard InChI is InChI=1S/C20H17FN2O3/c21-11-16-10-19(24)22-20-23(16)12-18(26-20)13-25-17-8-6-15(7-9-17)14-4-2-1-3-5-14/h1-10,18H,11-13H2/t18-/m0/s1. The van der Waals surface area contributed by atoms with Crippen LogP contribution in [0, 0.1) is 0 Å². The summed E-state index contributed by atoms with van der Waals surface area (Å²) in [5, 5.41) is 0. The van der Waals surface area contributed by atoms with Crippen LogP contribution in [0.25, 0.3) is 11.1 Å². The van der Waals surface area contributed by atoms with Gasteiger partial charge in [-0.25, -0.2) is 4.39 Å². The Hall–Kier alpha value is -3.15. The maximum Gasteiger partial charge on any atom is 0.300 e. The monoisotopic (exact) mass is 352 g/mol. The van der Waals surface area contributed by atoms with Crippen LogP contribution in [0.1, 0.15) is 5.69 Å². The van der Waals surface area contributed by atoms with Crippen LogP contribution in [0.3, 0.4) is 0 Å². The summed E-state index contributed by atoms with van der Waals surface area (Å²) in [7, 11) is 0. The Labute approximate surface area is 149 Å². The molecule has 6 heteroatoms. The van der Waals surface area contributed by atoms with Gasteiger partial charge in [0.15, 0.2) is 6.10 Å². The zero-order chi connectivity index (χ0) is 17.9. The Morgan fingerprint density at radius 2 is 1.85 bits per heavy atom. The number of rotatable bonds is 5. The number of aromatic nitrogens is 2. The zero-order valence-electron chi connectivity index (χ0n) is 14.0. The molecule has 0 amide bonds. The predicted octanol–water partition coefficient (Wildman–Crippen LogP) is 3.22. The van der Waals surface area contributed by atoms with Gasteiger partial charge >= 0.3 is 6.01 Å². The summed E-state index contributed by atoms with van der Waals surface area (Å²) in [6.45, 7) is -0.0411. The molecule has 0 bridgehead atoms. The average molecular weight is 352 g/mol. The van der Waals surface area contributed by atoms with Gasteiger partial charge in [-0.05, 0) is 23.3 Å². The minimum Gasteiger partial charge on any atom is -0.490 e. The smallest absolute Gasteiger partial charge is 0.300 e. The van der Waals surface area contributed by atoms with Crippen molar-refractivity contribution < 1.29 is 13.9 Å². The van der Waals surface area contributed by atoms with E-state index in [1.165, 1.54) is 6.07 Å². The number of hydrogen-bond donors (Lipinski definition) is 0. The maximum absolute atomic E-state index is 13.0. The molecule has 2 aromatic carbocycles. The molecule has 1 aliphatic rings. The van der Waals surface area contributed by atoms with Crippen LogP contribution in [0.5, 0.6) is 11.8 Å². The quantitative estimate of drug-likeness (QED) is 0.707. The molecule has 26 heavy (non-hydrogen) atoms. The van der Waals surface area contributed by atoms with Crippen molar-refractivity contribution in [3.63, 3.8) is 0 Å². The van der Waals surface area contributed by atoms with Gasteiger partial charge in [-0.15, -0.1) is 0 Å². The van der Waals surface area contributed by atoms with E-state index in [2.05, 4.69) is 17.1 Å². The number of ether oxygens (including phenoxy) is 2. The lowest BCUT2D eigenvalue weighted by molar-refractivity contribution is 0.143. The molecule has 0 saturated carbocycles. The second kappa shape index (κ2) is 7.00. The predicted molar refractivity (Wildman–Crippen MR) is 95.1 cm³/mol. The second-order valence-electron chi connectivity index (χ2n) is 6.05. The van der Waals surface area contributed by atoms with Crippen molar-refractivity contribution in [2.24, 2.45) is 0 Å². The molecule has 1 aromatic heterocycles. The van der Waals surface area contributed by atoms with E-state index in [0.29, 0.717) is 6.54 Å². The lowest BCUT2D eigenvalue weighted by atomic mass is 10.1. The first-order valence-corrected chi connectivity index (χ1v) is 8.34. The van der Waals surface area contributed by atoms with E-state index in [1.54, 1.807) is 4.57 Å². The molecule has 0 unspecified atom stereocenters. The van der Waals surface area contributed by atoms with E-state index < -0.39 is 12.2 Å². The third-order valence-electron chi connectivity index (χ3n) is 4.27. The molecule has 0 spiro atoms. The minimum absolute atomic E-state index is 0.151. The molecular weight excluding hydrogens is 335 g/mol. The van der Waals surface area contributed by atoms with E-state index in [1.807, 2.05) is 42.5 Å². The lowest BCUT2D eigenvalue weighted by Crippen LogP contribution is -2.23. The summed E-state index contributed by atoms with van der Waals surface area (Å²) < 4.78 is 26.0. The number of halogens is 1. The van der Waals surface area contributed by atoms with Crippen LogP contribution in [0.15, 0.2) is 65.5 Å². The number of alkyl halides is 1. The SMILES string of the molecule is O=c1cc(CF)n2c(n1)O[C@H](COc1ccc(-c3ccccc3)cc1)C2. The molecule has 0 fully saturated rings. The van der Waals surface area contributed by atoms with Crippen LogP contribution in [0.2, 0.25) is 0 Å². The van der Waals surface area contributed by atoms with E-state index in [-0.39, 0.29) is 24.4 Å². The Kier molecular flexibility index (Phi) is 4.39. The molecule has 0 aliphatic carbocycles. The van der Waals surface area contributed by atoms with Crippen molar-refractivity contribution in [3.8, 4) is 22.9 Å². The average Bonchev–Trinajstić information content (AvgIpc) is 3.09. The highest BCUT2D eigenvalue weighted by Gasteiger charge is 2.26. The number of fused-ring (bicyclic) bond motifs is 1. The van der Waals surface area contributed by atoms with Gasteiger partial charge in [-0.1, -0.05) is 42.5 Å². The number of hydrogen-bond acceptors (Lipinski definition) is 4. The Bertz CT molecular complexity index is 955. The molecule has 1 aliphatic heterocycles. The van der Waals surface area contributed by atoms with E-state index >= 15 is 0 Å². The van der Waals surface area contributed by atoms with Gasteiger partial charge in [0.25, 0.3) is 5.56 Å². The van der Waals surface area contributed by atoms with Crippen molar-refractivity contribution in [1.29, 1.82) is 0 Å². The van der Waals surface area contributed by atoms with Crippen molar-refractivity contribution >= 4 is 0 Å². The van der Waals surface area contributed by atoms with E-state index in [0.717, 1.165) is 16.9 Å². The summed E-state index contributed by atoms with van der Waals surface area (Å²) in [5.41, 5.74) is 2.03. The Morgan fingerprint density at radius 1 is 1.12 bits per heavy atom. The van der Waals surface area contributed by atoms with Gasteiger partial charge in [0, 0.05) is 6.07 Å². The largest absolute Gasteiger partial charge is 0.490 e. The first-order chi connectivity index (χ1) is 12.7. The fourth-order valence-corrected chi connectivity index (χ4v) is 2.97. The fourth-order valence-electron chi connectivity index (χ4n) is 2.97. The van der Waals surface area contributed by atoms with Gasteiger partial charge in [0.1, 0.15) is 19.0 Å². The molecule has 3 aromatic rings. The zero-order valence-corrected chi connectivity index (χ0v) is 14.0. The Morgan fingerprint density at radius 3 is 2.58 bits per heavy atom. The second-order valence-corrected chi connectivity index (χ2v) is 6.05. The van der Waals surface area contributed by atoms with E-state index in [4.69, 9.17) is 9.47 Å². The molecule has 5 nitrogen and oxygen atoms in total. The molecule has 4 rings (SSSR count). The lowest BCUT2D eigenvalue weighted by Gasteiger charge is -2.11. The fraction of sp³-hybridized carbons (Fsp3) is 0.200. The summed E-state index contributed by atoms with van der Waals surface area (Å²) >= 11 is 0.